The normalized spacial score (nSPS) is 9.83. The van der Waals surface area contributed by atoms with E-state index in [1.807, 2.05) is 30.3 Å². The van der Waals surface area contributed by atoms with E-state index in [0.29, 0.717) is 12.4 Å². The minimum absolute atomic E-state index is 0.190. The van der Waals surface area contributed by atoms with Crippen LogP contribution in [-0.2, 0) is 11.3 Å². The number of anilines is 1. The Labute approximate surface area is 105 Å². The van der Waals surface area contributed by atoms with E-state index in [4.69, 9.17) is 0 Å². The van der Waals surface area contributed by atoms with Crippen molar-refractivity contribution in [3.05, 3.63) is 54.0 Å². The number of benzene rings is 1. The Morgan fingerprint density at radius 1 is 1.28 bits per heavy atom. The molecule has 2 rings (SSSR count). The second-order valence-electron chi connectivity index (χ2n) is 3.62. The molecule has 5 nitrogen and oxygen atoms in total. The number of aromatic nitrogens is 2. The van der Waals surface area contributed by atoms with Crippen LogP contribution in [-0.4, -0.2) is 23.0 Å². The zero-order valence-electron chi connectivity index (χ0n) is 9.96. The summed E-state index contributed by atoms with van der Waals surface area (Å²) < 4.78 is 4.58. The largest absolute Gasteiger partial charge is 0.464 e. The predicted octanol–water partition coefficient (Wildman–Crippen LogP) is 1.88. The van der Waals surface area contributed by atoms with Gasteiger partial charge in [0.2, 0.25) is 0 Å². The van der Waals surface area contributed by atoms with E-state index in [1.165, 1.54) is 13.3 Å². The van der Waals surface area contributed by atoms with Crippen molar-refractivity contribution in [2.24, 2.45) is 0 Å². The SMILES string of the molecule is COC(=O)c1cncc(NCc2ccccc2)n1. The van der Waals surface area contributed by atoms with Crippen LogP contribution in [0.4, 0.5) is 5.82 Å². The first kappa shape index (κ1) is 12.0. The summed E-state index contributed by atoms with van der Waals surface area (Å²) in [5, 5.41) is 3.10. The molecule has 0 radical (unpaired) electrons. The lowest BCUT2D eigenvalue weighted by molar-refractivity contribution is 0.0593. The lowest BCUT2D eigenvalue weighted by atomic mass is 10.2. The molecule has 0 saturated carbocycles. The quantitative estimate of drug-likeness (QED) is 0.830. The molecular weight excluding hydrogens is 230 g/mol. The Bertz CT molecular complexity index is 529. The van der Waals surface area contributed by atoms with Crippen molar-refractivity contribution in [1.29, 1.82) is 0 Å². The maximum absolute atomic E-state index is 11.3. The number of methoxy groups -OCH3 is 1. The Kier molecular flexibility index (Phi) is 3.86. The molecule has 0 saturated heterocycles. The lowest BCUT2D eigenvalue weighted by Gasteiger charge is -2.06. The van der Waals surface area contributed by atoms with Crippen molar-refractivity contribution < 1.29 is 9.53 Å². The second-order valence-corrected chi connectivity index (χ2v) is 3.62. The van der Waals surface area contributed by atoms with Gasteiger partial charge in [-0.3, -0.25) is 4.98 Å². The van der Waals surface area contributed by atoms with Crippen LogP contribution in [0.1, 0.15) is 16.1 Å². The van der Waals surface area contributed by atoms with E-state index in [2.05, 4.69) is 20.0 Å². The van der Waals surface area contributed by atoms with Gasteiger partial charge in [0.1, 0.15) is 5.82 Å². The molecule has 0 atom stereocenters. The number of carbonyl (C=O) groups excluding carboxylic acids is 1. The Hall–Kier alpha value is -2.43. The summed E-state index contributed by atoms with van der Waals surface area (Å²) in [5.41, 5.74) is 1.32. The van der Waals surface area contributed by atoms with Crippen LogP contribution in [0.5, 0.6) is 0 Å². The van der Waals surface area contributed by atoms with Crippen LogP contribution in [0.15, 0.2) is 42.7 Å². The van der Waals surface area contributed by atoms with Gasteiger partial charge in [0, 0.05) is 6.54 Å². The average molecular weight is 243 g/mol. The van der Waals surface area contributed by atoms with E-state index in [9.17, 15) is 4.79 Å². The Balaban J connectivity index is 2.04. The molecule has 1 heterocycles. The fraction of sp³-hybridized carbons (Fsp3) is 0.154. The van der Waals surface area contributed by atoms with Crippen LogP contribution in [0.2, 0.25) is 0 Å². The van der Waals surface area contributed by atoms with Crippen molar-refractivity contribution in [3.63, 3.8) is 0 Å². The van der Waals surface area contributed by atoms with Crippen molar-refractivity contribution in [2.45, 2.75) is 6.54 Å². The van der Waals surface area contributed by atoms with Gasteiger partial charge in [-0.15, -0.1) is 0 Å². The maximum atomic E-state index is 11.3. The third-order valence-electron chi connectivity index (χ3n) is 2.35. The monoisotopic (exact) mass is 243 g/mol. The van der Waals surface area contributed by atoms with Crippen molar-refractivity contribution in [3.8, 4) is 0 Å². The Morgan fingerprint density at radius 3 is 2.78 bits per heavy atom. The molecule has 0 spiro atoms. The van der Waals surface area contributed by atoms with Crippen LogP contribution < -0.4 is 5.32 Å². The number of ether oxygens (including phenoxy) is 1. The average Bonchev–Trinajstić information content (AvgIpc) is 2.45. The summed E-state index contributed by atoms with van der Waals surface area (Å²) in [6.07, 6.45) is 2.94. The molecule has 0 amide bonds. The summed E-state index contributed by atoms with van der Waals surface area (Å²) in [7, 11) is 1.31. The number of carbonyl (C=O) groups is 1. The first-order chi connectivity index (χ1) is 8.79. The first-order valence-electron chi connectivity index (χ1n) is 5.48. The first-order valence-corrected chi connectivity index (χ1v) is 5.48. The summed E-state index contributed by atoms with van der Waals surface area (Å²) >= 11 is 0. The summed E-state index contributed by atoms with van der Waals surface area (Å²) in [6, 6.07) is 9.90. The summed E-state index contributed by atoms with van der Waals surface area (Å²) in [6.45, 7) is 0.625. The number of nitrogens with zero attached hydrogens (tertiary/aromatic N) is 2. The van der Waals surface area contributed by atoms with Crippen molar-refractivity contribution >= 4 is 11.8 Å². The van der Waals surface area contributed by atoms with Gasteiger partial charge in [-0.25, -0.2) is 9.78 Å². The molecule has 5 heteroatoms. The highest BCUT2D eigenvalue weighted by molar-refractivity contribution is 5.87. The molecule has 0 fully saturated rings. The summed E-state index contributed by atoms with van der Waals surface area (Å²) in [4.78, 5) is 19.3. The zero-order valence-corrected chi connectivity index (χ0v) is 9.96. The molecule has 2 aromatic rings. The highest BCUT2D eigenvalue weighted by Gasteiger charge is 2.08. The van der Waals surface area contributed by atoms with Crippen molar-refractivity contribution in [2.75, 3.05) is 12.4 Å². The lowest BCUT2D eigenvalue weighted by Crippen LogP contribution is -2.08. The van der Waals surface area contributed by atoms with E-state index in [1.54, 1.807) is 6.20 Å². The van der Waals surface area contributed by atoms with E-state index in [0.717, 1.165) is 5.56 Å². The molecule has 0 aliphatic heterocycles. The highest BCUT2D eigenvalue weighted by atomic mass is 16.5. The molecule has 18 heavy (non-hydrogen) atoms. The van der Waals surface area contributed by atoms with Crippen molar-refractivity contribution in [1.82, 2.24) is 9.97 Å². The predicted molar refractivity (Wildman–Crippen MR) is 67.1 cm³/mol. The number of rotatable bonds is 4. The van der Waals surface area contributed by atoms with Crippen LogP contribution in [0, 0.1) is 0 Å². The standard InChI is InChI=1S/C13H13N3O2/c1-18-13(17)11-8-14-9-12(16-11)15-7-10-5-3-2-4-6-10/h2-6,8-9H,7H2,1H3,(H,15,16). The molecule has 1 aromatic heterocycles. The molecule has 1 aromatic carbocycles. The molecule has 0 unspecified atom stereocenters. The fourth-order valence-electron chi connectivity index (χ4n) is 1.44. The van der Waals surface area contributed by atoms with E-state index < -0.39 is 5.97 Å². The van der Waals surface area contributed by atoms with Gasteiger partial charge in [-0.1, -0.05) is 30.3 Å². The maximum Gasteiger partial charge on any atom is 0.358 e. The smallest absolute Gasteiger partial charge is 0.358 e. The molecular formula is C13H13N3O2. The van der Waals surface area contributed by atoms with E-state index >= 15 is 0 Å². The van der Waals surface area contributed by atoms with Crippen LogP contribution in [0.25, 0.3) is 0 Å². The highest BCUT2D eigenvalue weighted by Crippen LogP contribution is 2.06. The number of hydrogen-bond donors (Lipinski definition) is 1. The number of hydrogen-bond acceptors (Lipinski definition) is 5. The molecule has 0 aliphatic carbocycles. The molecule has 1 N–H and O–H groups in total. The minimum Gasteiger partial charge on any atom is -0.464 e. The van der Waals surface area contributed by atoms with E-state index in [-0.39, 0.29) is 5.69 Å². The van der Waals surface area contributed by atoms with Gasteiger partial charge in [0.15, 0.2) is 5.69 Å². The van der Waals surface area contributed by atoms with Gasteiger partial charge in [0.25, 0.3) is 0 Å². The third-order valence-corrected chi connectivity index (χ3v) is 2.35. The van der Waals surface area contributed by atoms with Crippen LogP contribution >= 0.6 is 0 Å². The van der Waals surface area contributed by atoms with Gasteiger partial charge in [-0.05, 0) is 5.56 Å². The Morgan fingerprint density at radius 2 is 2.06 bits per heavy atom. The third kappa shape index (κ3) is 3.04. The summed E-state index contributed by atoms with van der Waals surface area (Å²) in [5.74, 6) is 0.0487. The zero-order chi connectivity index (χ0) is 12.8. The molecule has 0 aliphatic rings. The van der Waals surface area contributed by atoms with Gasteiger partial charge < -0.3 is 10.1 Å². The topological polar surface area (TPSA) is 64.1 Å². The molecule has 92 valence electrons. The van der Waals surface area contributed by atoms with Gasteiger partial charge in [0.05, 0.1) is 19.5 Å². The second kappa shape index (κ2) is 5.77. The van der Waals surface area contributed by atoms with Gasteiger partial charge >= 0.3 is 5.97 Å². The number of nitrogens with one attached hydrogen (secondary N) is 1. The minimum atomic E-state index is -0.495. The fourth-order valence-corrected chi connectivity index (χ4v) is 1.44. The number of esters is 1. The molecule has 0 bridgehead atoms. The van der Waals surface area contributed by atoms with Gasteiger partial charge in [-0.2, -0.15) is 0 Å². The van der Waals surface area contributed by atoms with Crippen LogP contribution in [0.3, 0.4) is 0 Å².